The molecule has 2 bridgehead atoms. The van der Waals surface area contributed by atoms with Crippen LogP contribution < -0.4 is 0 Å². The van der Waals surface area contributed by atoms with Crippen LogP contribution in [0, 0.1) is 0 Å². The number of aliphatic hydroxyl groups is 1. The van der Waals surface area contributed by atoms with E-state index in [1.807, 2.05) is 12.3 Å². The van der Waals surface area contributed by atoms with Crippen molar-refractivity contribution < 1.29 is 5.11 Å². The van der Waals surface area contributed by atoms with Crippen molar-refractivity contribution in [1.82, 2.24) is 9.88 Å². The maximum absolute atomic E-state index is 11.1. The van der Waals surface area contributed by atoms with Gasteiger partial charge in [0.05, 0.1) is 11.1 Å². The van der Waals surface area contributed by atoms with Crippen molar-refractivity contribution in [1.29, 1.82) is 0 Å². The molecule has 0 saturated carbocycles. The van der Waals surface area contributed by atoms with Gasteiger partial charge in [-0.15, -0.1) is 0 Å². The van der Waals surface area contributed by atoms with E-state index in [0.29, 0.717) is 12.1 Å². The Morgan fingerprint density at radius 1 is 1.20 bits per heavy atom. The van der Waals surface area contributed by atoms with Crippen molar-refractivity contribution in [3.63, 3.8) is 0 Å². The summed E-state index contributed by atoms with van der Waals surface area (Å²) in [6.45, 7) is 0. The zero-order valence-corrected chi connectivity index (χ0v) is 11.8. The summed E-state index contributed by atoms with van der Waals surface area (Å²) in [5, 5.41) is 12.3. The molecule has 1 aromatic carbocycles. The van der Waals surface area contributed by atoms with Gasteiger partial charge in [0.1, 0.15) is 0 Å². The van der Waals surface area contributed by atoms with Crippen molar-refractivity contribution in [2.24, 2.45) is 0 Å². The molecule has 2 aliphatic heterocycles. The maximum atomic E-state index is 11.1. The highest BCUT2D eigenvalue weighted by Crippen LogP contribution is 2.45. The smallest absolute Gasteiger partial charge is 0.0927 e. The van der Waals surface area contributed by atoms with E-state index in [1.54, 1.807) is 0 Å². The van der Waals surface area contributed by atoms with Gasteiger partial charge in [0.15, 0.2) is 0 Å². The van der Waals surface area contributed by atoms with Gasteiger partial charge in [-0.1, -0.05) is 18.2 Å². The van der Waals surface area contributed by atoms with Gasteiger partial charge in [-0.2, -0.15) is 0 Å². The molecule has 2 aromatic rings. The minimum atomic E-state index is -0.677. The first-order valence-corrected chi connectivity index (χ1v) is 7.45. The van der Waals surface area contributed by atoms with Crippen LogP contribution in [0.2, 0.25) is 0 Å². The van der Waals surface area contributed by atoms with E-state index in [0.717, 1.165) is 29.3 Å². The van der Waals surface area contributed by atoms with E-state index in [9.17, 15) is 5.11 Å². The molecule has 2 atom stereocenters. The van der Waals surface area contributed by atoms with Crippen LogP contribution in [0.4, 0.5) is 0 Å². The normalized spacial score (nSPS) is 33.7. The third-order valence-corrected chi connectivity index (χ3v) is 5.27. The predicted molar refractivity (Wildman–Crippen MR) is 79.4 cm³/mol. The number of benzene rings is 1. The number of piperidine rings is 1. The molecule has 2 unspecified atom stereocenters. The second-order valence-electron chi connectivity index (χ2n) is 6.40. The minimum Gasteiger partial charge on any atom is -0.385 e. The fourth-order valence-electron chi connectivity index (χ4n) is 4.04. The molecule has 0 aliphatic carbocycles. The molecule has 4 rings (SSSR count). The highest BCUT2D eigenvalue weighted by Gasteiger charge is 2.46. The monoisotopic (exact) mass is 268 g/mol. The lowest BCUT2D eigenvalue weighted by Crippen LogP contribution is -2.47. The SMILES string of the molecule is CN1C2CCC1CC(O)(c1ccc3cccnc3c1)C2. The molecule has 3 nitrogen and oxygen atoms in total. The molecular formula is C17H20N2O. The van der Waals surface area contributed by atoms with Gasteiger partial charge in [0, 0.05) is 23.7 Å². The van der Waals surface area contributed by atoms with Gasteiger partial charge in [-0.25, -0.2) is 0 Å². The van der Waals surface area contributed by atoms with Crippen LogP contribution in [0.1, 0.15) is 31.2 Å². The molecule has 104 valence electrons. The standard InChI is InChI=1S/C17H20N2O/c1-19-14-6-7-15(19)11-17(20,10-14)13-5-4-12-3-2-8-18-16(12)9-13/h2-5,8-9,14-15,20H,6-7,10-11H2,1H3. The van der Waals surface area contributed by atoms with Crippen LogP contribution in [-0.2, 0) is 5.60 Å². The first-order valence-electron chi connectivity index (χ1n) is 7.45. The van der Waals surface area contributed by atoms with E-state index in [4.69, 9.17) is 0 Å². The van der Waals surface area contributed by atoms with E-state index in [-0.39, 0.29) is 0 Å². The molecule has 1 N–H and O–H groups in total. The molecule has 2 aliphatic rings. The second-order valence-corrected chi connectivity index (χ2v) is 6.40. The highest BCUT2D eigenvalue weighted by atomic mass is 16.3. The van der Waals surface area contributed by atoms with E-state index < -0.39 is 5.60 Å². The van der Waals surface area contributed by atoms with Crippen molar-refractivity contribution in [3.8, 4) is 0 Å². The zero-order chi connectivity index (χ0) is 13.7. The number of aromatic nitrogens is 1. The summed E-state index contributed by atoms with van der Waals surface area (Å²) in [6.07, 6.45) is 5.94. The molecule has 3 heteroatoms. The molecule has 0 radical (unpaired) electrons. The van der Waals surface area contributed by atoms with Crippen molar-refractivity contribution >= 4 is 10.9 Å². The Balaban J connectivity index is 1.75. The summed E-state index contributed by atoms with van der Waals surface area (Å²) in [5.41, 5.74) is 1.34. The fourth-order valence-corrected chi connectivity index (χ4v) is 4.04. The third kappa shape index (κ3) is 1.77. The molecule has 0 spiro atoms. The third-order valence-electron chi connectivity index (χ3n) is 5.27. The van der Waals surface area contributed by atoms with Crippen LogP contribution in [0.15, 0.2) is 36.5 Å². The first-order chi connectivity index (χ1) is 9.66. The quantitative estimate of drug-likeness (QED) is 0.864. The Morgan fingerprint density at radius 3 is 2.70 bits per heavy atom. The lowest BCUT2D eigenvalue weighted by atomic mass is 9.80. The Kier molecular flexibility index (Phi) is 2.63. The summed E-state index contributed by atoms with van der Waals surface area (Å²) >= 11 is 0. The molecule has 20 heavy (non-hydrogen) atoms. The fraction of sp³-hybridized carbons (Fsp3) is 0.471. The number of rotatable bonds is 1. The summed E-state index contributed by atoms with van der Waals surface area (Å²) in [5.74, 6) is 0. The minimum absolute atomic E-state index is 0.526. The van der Waals surface area contributed by atoms with E-state index in [1.165, 1.54) is 12.8 Å². The molecule has 0 amide bonds. The lowest BCUT2D eigenvalue weighted by molar-refractivity contribution is -0.0492. The summed E-state index contributed by atoms with van der Waals surface area (Å²) in [4.78, 5) is 6.87. The zero-order valence-electron chi connectivity index (χ0n) is 11.8. The van der Waals surface area contributed by atoms with Gasteiger partial charge < -0.3 is 10.0 Å². The molecular weight excluding hydrogens is 248 g/mol. The topological polar surface area (TPSA) is 36.4 Å². The second kappa shape index (κ2) is 4.27. The van der Waals surface area contributed by atoms with Crippen LogP contribution in [0.25, 0.3) is 10.9 Å². The number of hydrogen-bond donors (Lipinski definition) is 1. The Hall–Kier alpha value is -1.45. The van der Waals surface area contributed by atoms with Crippen LogP contribution in [-0.4, -0.2) is 34.1 Å². The van der Waals surface area contributed by atoms with Crippen molar-refractivity contribution in [3.05, 3.63) is 42.1 Å². The number of nitrogens with zero attached hydrogens (tertiary/aromatic N) is 2. The van der Waals surface area contributed by atoms with Gasteiger partial charge >= 0.3 is 0 Å². The maximum Gasteiger partial charge on any atom is 0.0927 e. The first kappa shape index (κ1) is 12.3. The lowest BCUT2D eigenvalue weighted by Gasteiger charge is -2.42. The molecule has 2 fully saturated rings. The summed E-state index contributed by atoms with van der Waals surface area (Å²) in [6, 6.07) is 11.3. The van der Waals surface area contributed by atoms with E-state index >= 15 is 0 Å². The molecule has 2 saturated heterocycles. The van der Waals surface area contributed by atoms with Gasteiger partial charge in [0.2, 0.25) is 0 Å². The average Bonchev–Trinajstić information content (AvgIpc) is 2.70. The largest absolute Gasteiger partial charge is 0.385 e. The molecule has 1 aromatic heterocycles. The van der Waals surface area contributed by atoms with Crippen LogP contribution in [0.3, 0.4) is 0 Å². The van der Waals surface area contributed by atoms with Crippen molar-refractivity contribution in [2.75, 3.05) is 7.05 Å². The summed E-state index contributed by atoms with van der Waals surface area (Å²) < 4.78 is 0. The number of hydrogen-bond acceptors (Lipinski definition) is 3. The van der Waals surface area contributed by atoms with Gasteiger partial charge in [-0.05, 0) is 50.4 Å². The summed E-state index contributed by atoms with van der Waals surface area (Å²) in [7, 11) is 2.20. The van der Waals surface area contributed by atoms with Crippen LogP contribution in [0.5, 0.6) is 0 Å². The Bertz CT molecular complexity index is 640. The number of fused-ring (bicyclic) bond motifs is 3. The van der Waals surface area contributed by atoms with Gasteiger partial charge in [-0.3, -0.25) is 4.98 Å². The average molecular weight is 268 g/mol. The van der Waals surface area contributed by atoms with E-state index in [2.05, 4.69) is 41.2 Å². The highest BCUT2D eigenvalue weighted by molar-refractivity contribution is 5.79. The predicted octanol–water partition coefficient (Wildman–Crippen LogP) is 2.68. The number of pyridine rings is 1. The van der Waals surface area contributed by atoms with Crippen molar-refractivity contribution in [2.45, 2.75) is 43.4 Å². The molecule has 3 heterocycles. The Labute approximate surface area is 119 Å². The Morgan fingerprint density at radius 2 is 1.95 bits per heavy atom. The van der Waals surface area contributed by atoms with Gasteiger partial charge in [0.25, 0.3) is 0 Å². The van der Waals surface area contributed by atoms with Crippen LogP contribution >= 0.6 is 0 Å².